The third kappa shape index (κ3) is 5.54. The van der Waals surface area contributed by atoms with Gasteiger partial charge in [0, 0.05) is 57.5 Å². The van der Waals surface area contributed by atoms with E-state index in [1.165, 1.54) is 0 Å². The first-order valence-electron chi connectivity index (χ1n) is 17.1. The van der Waals surface area contributed by atoms with E-state index in [9.17, 15) is 0 Å². The molecule has 0 radical (unpaired) electrons. The van der Waals surface area contributed by atoms with Crippen LogP contribution in [0.5, 0.6) is 0 Å². The van der Waals surface area contributed by atoms with Crippen LogP contribution in [0.25, 0.3) is 43.6 Å². The first kappa shape index (κ1) is 33.8. The molecule has 0 spiro atoms. The Morgan fingerprint density at radius 2 is 0.609 bits per heavy atom. The predicted molar refractivity (Wildman–Crippen MR) is 203 cm³/mol. The van der Waals surface area contributed by atoms with Gasteiger partial charge in [0.1, 0.15) is 16.1 Å². The number of hydrogen-bond acceptors (Lipinski definition) is 4. The lowest BCUT2D eigenvalue weighted by Crippen LogP contribution is -2.43. The monoisotopic (exact) mass is 642 g/mol. The van der Waals surface area contributed by atoms with Gasteiger partial charge in [0.05, 0.1) is 22.1 Å². The van der Waals surface area contributed by atoms with E-state index >= 15 is 0 Å². The largest absolute Gasteiger partial charge is 0.253 e. The minimum absolute atomic E-state index is 0.530. The van der Waals surface area contributed by atoms with E-state index in [0.717, 1.165) is 54.7 Å². The SMILES string of the molecule is CC(C)[Si](C#Cc1c2cc3nccnc3cc2c(C#C[Si](C(C)C)(C(C)C)C(C)C)c2cc3nccnc3cc12)(C(C)C)C(C)C. The molecule has 0 aliphatic heterocycles. The molecule has 0 unspecified atom stereocenters. The minimum Gasteiger partial charge on any atom is -0.253 e. The third-order valence-corrected chi connectivity index (χ3v) is 23.4. The first-order valence-corrected chi connectivity index (χ1v) is 21.5. The number of hydrogen-bond donors (Lipinski definition) is 0. The second-order valence-corrected chi connectivity index (χ2v) is 26.1. The van der Waals surface area contributed by atoms with Gasteiger partial charge in [0.2, 0.25) is 0 Å². The maximum absolute atomic E-state index is 4.73. The van der Waals surface area contributed by atoms with Crippen molar-refractivity contribution in [1.82, 2.24) is 19.9 Å². The van der Waals surface area contributed by atoms with Crippen molar-refractivity contribution in [3.63, 3.8) is 0 Å². The standard InChI is InChI=1S/C40H50N4Si2/c1-25(2)45(26(3)4,27(5)6)19-13-31-33-21-37-39(43-17-15-41-37)23-35(33)32(14-20-46(28(7)8,29(9)10)30(11)12)36-24-40-38(22-34(31)36)42-16-18-44-40/h15-18,21-30H,1-12H3. The molecule has 0 atom stereocenters. The zero-order valence-corrected chi connectivity index (χ0v) is 31.9. The number of benzene rings is 3. The second kappa shape index (κ2) is 12.9. The van der Waals surface area contributed by atoms with Crippen LogP contribution in [0.2, 0.25) is 33.2 Å². The fraction of sp³-hybridized carbons (Fsp3) is 0.450. The predicted octanol–water partition coefficient (Wildman–Crippen LogP) is 11.0. The van der Waals surface area contributed by atoms with E-state index in [1.54, 1.807) is 24.8 Å². The van der Waals surface area contributed by atoms with Crippen molar-refractivity contribution in [2.24, 2.45) is 0 Å². The first-order chi connectivity index (χ1) is 21.7. The molecule has 0 aliphatic carbocycles. The lowest BCUT2D eigenvalue weighted by molar-refractivity contribution is 0.838. The third-order valence-electron chi connectivity index (χ3n) is 10.8. The molecule has 6 heteroatoms. The van der Waals surface area contributed by atoms with Crippen LogP contribution in [-0.4, -0.2) is 36.1 Å². The molecule has 0 saturated heterocycles. The van der Waals surface area contributed by atoms with Gasteiger partial charge < -0.3 is 0 Å². The zero-order chi connectivity index (χ0) is 33.6. The molecule has 2 aromatic heterocycles. The van der Waals surface area contributed by atoms with Crippen molar-refractivity contribution >= 4 is 59.8 Å². The van der Waals surface area contributed by atoms with Gasteiger partial charge in [-0.2, -0.15) is 0 Å². The Bertz CT molecular complexity index is 1770. The van der Waals surface area contributed by atoms with Crippen LogP contribution in [0, 0.1) is 22.9 Å². The van der Waals surface area contributed by atoms with E-state index in [4.69, 9.17) is 19.9 Å². The van der Waals surface area contributed by atoms with Crippen molar-refractivity contribution in [2.75, 3.05) is 0 Å². The molecule has 46 heavy (non-hydrogen) atoms. The van der Waals surface area contributed by atoms with Gasteiger partial charge in [-0.15, -0.1) is 11.1 Å². The summed E-state index contributed by atoms with van der Waals surface area (Å²) in [7, 11) is -4.05. The lowest BCUT2D eigenvalue weighted by Gasteiger charge is -2.38. The van der Waals surface area contributed by atoms with E-state index in [2.05, 4.69) is 130 Å². The highest BCUT2D eigenvalue weighted by molar-refractivity contribution is 6.91. The quantitative estimate of drug-likeness (QED) is 0.105. The molecule has 3 aromatic carbocycles. The molecule has 238 valence electrons. The Morgan fingerprint density at radius 1 is 0.391 bits per heavy atom. The van der Waals surface area contributed by atoms with Crippen LogP contribution in [0.15, 0.2) is 49.1 Å². The van der Waals surface area contributed by atoms with Crippen LogP contribution in [0.1, 0.15) is 94.2 Å². The summed E-state index contributed by atoms with van der Waals surface area (Å²) >= 11 is 0. The molecule has 0 bridgehead atoms. The summed E-state index contributed by atoms with van der Waals surface area (Å²) in [5.74, 6) is 7.75. The van der Waals surface area contributed by atoms with Gasteiger partial charge in [-0.1, -0.05) is 94.9 Å². The van der Waals surface area contributed by atoms with Gasteiger partial charge in [-0.25, -0.2) is 0 Å². The number of rotatable bonds is 6. The summed E-state index contributed by atoms with van der Waals surface area (Å²) in [5.41, 5.74) is 16.8. The molecule has 0 saturated carbocycles. The van der Waals surface area contributed by atoms with Crippen LogP contribution in [0.4, 0.5) is 0 Å². The van der Waals surface area contributed by atoms with Crippen LogP contribution in [-0.2, 0) is 0 Å². The van der Waals surface area contributed by atoms with Crippen LogP contribution in [0.3, 0.4) is 0 Å². The summed E-state index contributed by atoms with van der Waals surface area (Å²) in [6.45, 7) is 28.5. The number of nitrogens with zero attached hydrogens (tertiary/aromatic N) is 4. The maximum atomic E-state index is 4.73. The Balaban J connectivity index is 2.02. The van der Waals surface area contributed by atoms with Gasteiger partial charge in [-0.05, 0) is 57.5 Å². The van der Waals surface area contributed by atoms with Crippen LogP contribution < -0.4 is 0 Å². The van der Waals surface area contributed by atoms with Gasteiger partial charge in [0.15, 0.2) is 0 Å². The molecule has 4 nitrogen and oxygen atoms in total. The average molecular weight is 643 g/mol. The molecule has 5 rings (SSSR count). The molecule has 5 aromatic rings. The van der Waals surface area contributed by atoms with E-state index in [-0.39, 0.29) is 0 Å². The molecule has 2 heterocycles. The van der Waals surface area contributed by atoms with E-state index in [1.807, 2.05) is 0 Å². The normalized spacial score (nSPS) is 12.7. The van der Waals surface area contributed by atoms with Crippen molar-refractivity contribution < 1.29 is 0 Å². The fourth-order valence-corrected chi connectivity index (χ4v) is 19.0. The summed E-state index contributed by atoms with van der Waals surface area (Å²) in [6.07, 6.45) is 7.08. The Hall–Kier alpha value is -3.59. The Morgan fingerprint density at radius 3 is 0.804 bits per heavy atom. The topological polar surface area (TPSA) is 51.6 Å². The zero-order valence-electron chi connectivity index (χ0n) is 29.9. The molecular formula is C40H50N4Si2. The molecular weight excluding hydrogens is 593 g/mol. The maximum Gasteiger partial charge on any atom is 0.146 e. The smallest absolute Gasteiger partial charge is 0.146 e. The summed E-state index contributed by atoms with van der Waals surface area (Å²) in [5, 5.41) is 4.35. The highest BCUT2D eigenvalue weighted by atomic mass is 28.3. The molecule has 0 aliphatic rings. The van der Waals surface area contributed by atoms with Gasteiger partial charge in [0.25, 0.3) is 0 Å². The number of aromatic nitrogens is 4. The highest BCUT2D eigenvalue weighted by Crippen LogP contribution is 2.43. The second-order valence-electron chi connectivity index (χ2n) is 14.9. The summed E-state index contributed by atoms with van der Waals surface area (Å²) in [4.78, 5) is 18.9. The molecule has 0 amide bonds. The molecule has 0 fully saturated rings. The van der Waals surface area contributed by atoms with Crippen molar-refractivity contribution in [2.45, 2.75) is 116 Å². The van der Waals surface area contributed by atoms with E-state index < -0.39 is 16.1 Å². The lowest BCUT2D eigenvalue weighted by atomic mass is 9.91. The Kier molecular flexibility index (Phi) is 9.47. The summed E-state index contributed by atoms with van der Waals surface area (Å²) < 4.78 is 0. The van der Waals surface area contributed by atoms with Crippen LogP contribution >= 0.6 is 0 Å². The Labute approximate surface area is 278 Å². The van der Waals surface area contributed by atoms with Crippen molar-refractivity contribution in [1.29, 1.82) is 0 Å². The summed E-state index contributed by atoms with van der Waals surface area (Å²) in [6, 6.07) is 8.76. The number of fused-ring (bicyclic) bond motifs is 4. The average Bonchev–Trinajstić information content (AvgIpc) is 2.99. The highest BCUT2D eigenvalue weighted by Gasteiger charge is 2.43. The van der Waals surface area contributed by atoms with Gasteiger partial charge >= 0.3 is 0 Å². The van der Waals surface area contributed by atoms with Crippen molar-refractivity contribution in [3.8, 4) is 22.9 Å². The van der Waals surface area contributed by atoms with E-state index in [0.29, 0.717) is 33.2 Å². The van der Waals surface area contributed by atoms with Crippen molar-refractivity contribution in [3.05, 3.63) is 60.2 Å². The molecule has 0 N–H and O–H groups in total. The minimum atomic E-state index is -2.02. The fourth-order valence-electron chi connectivity index (χ4n) is 8.62. The van der Waals surface area contributed by atoms with Gasteiger partial charge in [-0.3, -0.25) is 19.9 Å².